The van der Waals surface area contributed by atoms with E-state index in [2.05, 4.69) is 26.2 Å². The van der Waals surface area contributed by atoms with Gasteiger partial charge in [0.25, 0.3) is 11.5 Å². The lowest BCUT2D eigenvalue weighted by Gasteiger charge is -2.15. The Hall–Kier alpha value is -3.57. The lowest BCUT2D eigenvalue weighted by atomic mass is 10.0. The zero-order chi connectivity index (χ0) is 22.5. The fraction of sp³-hybridized carbons (Fsp3) is 0.174. The van der Waals surface area contributed by atoms with Crippen molar-refractivity contribution in [3.63, 3.8) is 0 Å². The number of aryl methyl sites for hydroxylation is 2. The van der Waals surface area contributed by atoms with E-state index in [9.17, 15) is 14.9 Å². The lowest BCUT2D eigenvalue weighted by molar-refractivity contribution is -0.118. The average molecular weight is 482 g/mol. The fourth-order valence-corrected chi connectivity index (χ4v) is 3.57. The number of aromatic nitrogens is 1. The first-order valence-corrected chi connectivity index (χ1v) is 10.1. The van der Waals surface area contributed by atoms with Crippen molar-refractivity contribution in [2.45, 2.75) is 13.8 Å². The minimum atomic E-state index is -0.458. The highest BCUT2D eigenvalue weighted by molar-refractivity contribution is 9.10. The molecule has 0 saturated carbocycles. The summed E-state index contributed by atoms with van der Waals surface area (Å²) in [6.07, 6.45) is 0. The van der Waals surface area contributed by atoms with Gasteiger partial charge in [-0.05, 0) is 65.7 Å². The third-order valence-corrected chi connectivity index (χ3v) is 5.09. The molecule has 3 aromatic rings. The third-order valence-electron chi connectivity index (χ3n) is 4.50. The molecule has 0 atom stereocenters. The quantitative estimate of drug-likeness (QED) is 0.545. The van der Waals surface area contributed by atoms with Gasteiger partial charge < -0.3 is 19.8 Å². The molecular weight excluding hydrogens is 462 g/mol. The van der Waals surface area contributed by atoms with Crippen LogP contribution in [-0.2, 0) is 4.79 Å². The van der Waals surface area contributed by atoms with Crippen molar-refractivity contribution in [3.05, 3.63) is 74.1 Å². The van der Waals surface area contributed by atoms with Crippen LogP contribution in [0.15, 0.2) is 51.7 Å². The molecule has 1 amide bonds. The molecule has 0 spiro atoms. The summed E-state index contributed by atoms with van der Waals surface area (Å²) in [5.41, 5.74) is 3.03. The summed E-state index contributed by atoms with van der Waals surface area (Å²) in [6, 6.07) is 14.5. The Labute approximate surface area is 187 Å². The topological polar surface area (TPSA) is 104 Å². The first-order chi connectivity index (χ1) is 14.8. The second-order valence-electron chi connectivity index (χ2n) is 6.87. The largest absolute Gasteiger partial charge is 0.493 e. The van der Waals surface area contributed by atoms with E-state index in [1.165, 1.54) is 7.11 Å². The molecule has 0 aliphatic rings. The van der Waals surface area contributed by atoms with Gasteiger partial charge in [0.15, 0.2) is 18.1 Å². The molecule has 31 heavy (non-hydrogen) atoms. The summed E-state index contributed by atoms with van der Waals surface area (Å²) in [5, 5.41) is 12.2. The van der Waals surface area contributed by atoms with Gasteiger partial charge in [-0.1, -0.05) is 17.7 Å². The highest BCUT2D eigenvalue weighted by Gasteiger charge is 2.17. The number of H-pyrrole nitrogens is 1. The molecule has 0 fully saturated rings. The highest BCUT2D eigenvalue weighted by atomic mass is 79.9. The van der Waals surface area contributed by atoms with Gasteiger partial charge in [0.05, 0.1) is 11.6 Å². The van der Waals surface area contributed by atoms with Crippen molar-refractivity contribution in [1.29, 1.82) is 5.26 Å². The number of nitriles is 1. The summed E-state index contributed by atoms with van der Waals surface area (Å²) in [7, 11) is 1.47. The summed E-state index contributed by atoms with van der Waals surface area (Å²) >= 11 is 3.44. The maximum atomic E-state index is 12.3. The zero-order valence-electron chi connectivity index (χ0n) is 17.2. The number of carbonyl (C=O) groups excluding carboxylic acids is 1. The van der Waals surface area contributed by atoms with Crippen molar-refractivity contribution in [2.75, 3.05) is 19.0 Å². The van der Waals surface area contributed by atoms with Crippen LogP contribution in [-0.4, -0.2) is 24.6 Å². The fourth-order valence-electron chi connectivity index (χ4n) is 3.01. The van der Waals surface area contributed by atoms with Gasteiger partial charge >= 0.3 is 0 Å². The molecule has 2 aromatic carbocycles. The van der Waals surface area contributed by atoms with Crippen LogP contribution in [0.4, 0.5) is 5.69 Å². The Morgan fingerprint density at radius 3 is 2.55 bits per heavy atom. The van der Waals surface area contributed by atoms with Crippen LogP contribution in [0.1, 0.15) is 16.8 Å². The van der Waals surface area contributed by atoms with Crippen LogP contribution < -0.4 is 20.3 Å². The van der Waals surface area contributed by atoms with E-state index < -0.39 is 5.56 Å². The number of methoxy groups -OCH3 is 1. The summed E-state index contributed by atoms with van der Waals surface area (Å²) in [4.78, 5) is 27.0. The molecule has 7 nitrogen and oxygen atoms in total. The van der Waals surface area contributed by atoms with Crippen molar-refractivity contribution < 1.29 is 14.3 Å². The number of nitrogens with zero attached hydrogens (tertiary/aromatic N) is 1. The summed E-state index contributed by atoms with van der Waals surface area (Å²) < 4.78 is 11.6. The maximum absolute atomic E-state index is 12.3. The van der Waals surface area contributed by atoms with Crippen LogP contribution in [0.3, 0.4) is 0 Å². The maximum Gasteiger partial charge on any atom is 0.266 e. The van der Waals surface area contributed by atoms with E-state index in [-0.39, 0.29) is 18.1 Å². The molecular formula is C23H20BrN3O4. The molecule has 0 saturated heterocycles. The number of aromatic amines is 1. The number of rotatable bonds is 6. The van der Waals surface area contributed by atoms with Gasteiger partial charge in [-0.25, -0.2) is 0 Å². The number of carbonyl (C=O) groups is 1. The predicted octanol–water partition coefficient (Wildman–Crippen LogP) is 4.32. The van der Waals surface area contributed by atoms with E-state index in [0.29, 0.717) is 38.5 Å². The highest BCUT2D eigenvalue weighted by Crippen LogP contribution is 2.40. The number of pyridine rings is 1. The standard InChI is InChI=1S/C23H20BrN3O4/c1-13-4-6-16(7-5-13)27-21(28)12-31-22-19(24)9-15(10-20(22)30-3)17-8-14(2)26-23(29)18(17)11-25/h4-10H,12H2,1-3H3,(H,26,29)(H,27,28). The van der Waals surface area contributed by atoms with Gasteiger partial charge in [0, 0.05) is 16.9 Å². The first-order valence-electron chi connectivity index (χ1n) is 9.33. The zero-order valence-corrected chi connectivity index (χ0v) is 18.8. The van der Waals surface area contributed by atoms with Gasteiger partial charge in [0.1, 0.15) is 11.6 Å². The Bertz CT molecular complexity index is 1230. The SMILES string of the molecule is COc1cc(-c2cc(C)[nH]c(=O)c2C#N)cc(Br)c1OCC(=O)Nc1ccc(C)cc1. The Kier molecular flexibility index (Phi) is 6.78. The minimum absolute atomic E-state index is 0.00528. The molecule has 8 heteroatoms. The molecule has 2 N–H and O–H groups in total. The number of hydrogen-bond acceptors (Lipinski definition) is 5. The van der Waals surface area contributed by atoms with Crippen molar-refractivity contribution in [2.24, 2.45) is 0 Å². The van der Waals surface area contributed by atoms with Crippen LogP contribution in [0.25, 0.3) is 11.1 Å². The number of halogens is 1. The Morgan fingerprint density at radius 2 is 1.90 bits per heavy atom. The minimum Gasteiger partial charge on any atom is -0.493 e. The number of hydrogen-bond donors (Lipinski definition) is 2. The number of ether oxygens (including phenoxy) is 2. The molecule has 3 rings (SSSR count). The summed E-state index contributed by atoms with van der Waals surface area (Å²) in [6.45, 7) is 3.48. The molecule has 0 aliphatic heterocycles. The van der Waals surface area contributed by atoms with Crippen LogP contribution in [0.2, 0.25) is 0 Å². The number of benzene rings is 2. The molecule has 0 bridgehead atoms. The number of anilines is 1. The third kappa shape index (κ3) is 5.13. The van der Waals surface area contributed by atoms with Crippen LogP contribution in [0, 0.1) is 25.2 Å². The second-order valence-corrected chi connectivity index (χ2v) is 7.73. The number of amides is 1. The molecule has 158 valence electrons. The van der Waals surface area contributed by atoms with E-state index in [1.807, 2.05) is 37.3 Å². The normalized spacial score (nSPS) is 10.3. The average Bonchev–Trinajstić information content (AvgIpc) is 2.73. The monoisotopic (exact) mass is 481 g/mol. The first kappa shape index (κ1) is 22.1. The second kappa shape index (κ2) is 9.49. The van der Waals surface area contributed by atoms with Gasteiger partial charge in [0.2, 0.25) is 0 Å². The smallest absolute Gasteiger partial charge is 0.266 e. The molecule has 0 aliphatic carbocycles. The van der Waals surface area contributed by atoms with Crippen LogP contribution >= 0.6 is 15.9 Å². The van der Waals surface area contributed by atoms with Gasteiger partial charge in [-0.15, -0.1) is 0 Å². The van der Waals surface area contributed by atoms with E-state index in [0.717, 1.165) is 5.56 Å². The lowest BCUT2D eigenvalue weighted by Crippen LogP contribution is -2.20. The van der Waals surface area contributed by atoms with Crippen LogP contribution in [0.5, 0.6) is 11.5 Å². The Balaban J connectivity index is 1.85. The predicted molar refractivity (Wildman–Crippen MR) is 122 cm³/mol. The van der Waals surface area contributed by atoms with E-state index in [4.69, 9.17) is 9.47 Å². The molecule has 1 heterocycles. The Morgan fingerprint density at radius 1 is 1.19 bits per heavy atom. The van der Waals surface area contributed by atoms with Crippen molar-refractivity contribution in [1.82, 2.24) is 4.98 Å². The molecule has 1 aromatic heterocycles. The summed E-state index contributed by atoms with van der Waals surface area (Å²) in [5.74, 6) is 0.374. The molecule has 0 radical (unpaired) electrons. The number of nitrogens with one attached hydrogen (secondary N) is 2. The van der Waals surface area contributed by atoms with E-state index >= 15 is 0 Å². The van der Waals surface area contributed by atoms with Gasteiger partial charge in [-0.3, -0.25) is 9.59 Å². The molecule has 0 unspecified atom stereocenters. The van der Waals surface area contributed by atoms with Gasteiger partial charge in [-0.2, -0.15) is 5.26 Å². The van der Waals surface area contributed by atoms with Crippen molar-refractivity contribution >= 4 is 27.5 Å². The van der Waals surface area contributed by atoms with E-state index in [1.54, 1.807) is 25.1 Å². The van der Waals surface area contributed by atoms with Crippen molar-refractivity contribution in [3.8, 4) is 28.7 Å².